The summed E-state index contributed by atoms with van der Waals surface area (Å²) in [6.45, 7) is 0.284. The van der Waals surface area contributed by atoms with Crippen LogP contribution in [-0.2, 0) is 11.3 Å². The van der Waals surface area contributed by atoms with Gasteiger partial charge in [0.2, 0.25) is 5.78 Å². The molecule has 0 atom stereocenters. The fourth-order valence-corrected chi connectivity index (χ4v) is 2.99. The standard InChI is InChI=1S/C24H17FO5/c1-28-24(27)17-6-2-16(3-7-17)14-29-19-10-11-20-21(13-19)30-22(23(20)26)12-15-4-8-18(25)9-5-15/h2-13H,14H2,1H3/b22-12-. The molecule has 3 aromatic carbocycles. The number of halogens is 1. The molecule has 1 aliphatic heterocycles. The number of Topliss-reactive ketones (excluding diaryl/α,β-unsaturated/α-hetero) is 1. The second kappa shape index (κ2) is 8.21. The first-order chi connectivity index (χ1) is 14.5. The van der Waals surface area contributed by atoms with Gasteiger partial charge in [0.05, 0.1) is 18.2 Å². The maximum absolute atomic E-state index is 13.0. The number of ether oxygens (including phenoxy) is 3. The number of fused-ring (bicyclic) bond motifs is 1. The van der Waals surface area contributed by atoms with Crippen LogP contribution in [0.4, 0.5) is 4.39 Å². The Morgan fingerprint density at radius 1 is 1.03 bits per heavy atom. The van der Waals surface area contributed by atoms with Gasteiger partial charge in [-0.15, -0.1) is 0 Å². The van der Waals surface area contributed by atoms with Gasteiger partial charge in [-0.05, 0) is 53.6 Å². The van der Waals surface area contributed by atoms with Crippen molar-refractivity contribution in [1.82, 2.24) is 0 Å². The Labute approximate surface area is 172 Å². The number of allylic oxidation sites excluding steroid dienone is 1. The van der Waals surface area contributed by atoms with Crippen LogP contribution in [0.3, 0.4) is 0 Å². The Morgan fingerprint density at radius 2 is 1.77 bits per heavy atom. The number of hydrogen-bond acceptors (Lipinski definition) is 5. The third kappa shape index (κ3) is 4.07. The summed E-state index contributed by atoms with van der Waals surface area (Å²) in [5.74, 6) is 0.146. The highest BCUT2D eigenvalue weighted by molar-refractivity contribution is 6.14. The van der Waals surface area contributed by atoms with E-state index in [9.17, 15) is 14.0 Å². The van der Waals surface area contributed by atoms with Gasteiger partial charge >= 0.3 is 5.97 Å². The SMILES string of the molecule is COC(=O)c1ccc(COc2ccc3c(c2)O/C(=C\c2ccc(F)cc2)C3=O)cc1. The minimum atomic E-state index is -0.396. The van der Waals surface area contributed by atoms with E-state index in [0.29, 0.717) is 28.2 Å². The van der Waals surface area contributed by atoms with E-state index in [-0.39, 0.29) is 24.0 Å². The van der Waals surface area contributed by atoms with E-state index in [1.54, 1.807) is 60.7 Å². The molecule has 0 saturated heterocycles. The molecule has 6 heteroatoms. The van der Waals surface area contributed by atoms with E-state index in [0.717, 1.165) is 5.56 Å². The Bertz CT molecular complexity index is 1130. The molecule has 0 bridgehead atoms. The zero-order chi connectivity index (χ0) is 21.1. The average Bonchev–Trinajstić information content (AvgIpc) is 3.08. The molecule has 0 aromatic heterocycles. The van der Waals surface area contributed by atoms with E-state index < -0.39 is 5.97 Å². The lowest BCUT2D eigenvalue weighted by molar-refractivity contribution is 0.0600. The molecule has 1 heterocycles. The lowest BCUT2D eigenvalue weighted by Gasteiger charge is -2.08. The van der Waals surface area contributed by atoms with Crippen LogP contribution in [-0.4, -0.2) is 18.9 Å². The van der Waals surface area contributed by atoms with E-state index in [2.05, 4.69) is 4.74 Å². The molecular weight excluding hydrogens is 387 g/mol. The van der Waals surface area contributed by atoms with Crippen LogP contribution in [0.1, 0.15) is 31.8 Å². The van der Waals surface area contributed by atoms with Crippen LogP contribution in [0, 0.1) is 5.82 Å². The number of rotatable bonds is 5. The van der Waals surface area contributed by atoms with Crippen LogP contribution >= 0.6 is 0 Å². The highest BCUT2D eigenvalue weighted by atomic mass is 19.1. The first-order valence-corrected chi connectivity index (χ1v) is 9.17. The molecule has 4 rings (SSSR count). The maximum Gasteiger partial charge on any atom is 0.337 e. The van der Waals surface area contributed by atoms with Crippen LogP contribution in [0.2, 0.25) is 0 Å². The van der Waals surface area contributed by atoms with Crippen molar-refractivity contribution in [2.45, 2.75) is 6.61 Å². The molecule has 3 aromatic rings. The van der Waals surface area contributed by atoms with E-state index in [4.69, 9.17) is 9.47 Å². The number of benzene rings is 3. The molecule has 5 nitrogen and oxygen atoms in total. The second-order valence-electron chi connectivity index (χ2n) is 6.63. The highest BCUT2D eigenvalue weighted by Gasteiger charge is 2.27. The number of methoxy groups -OCH3 is 1. The predicted molar refractivity (Wildman–Crippen MR) is 108 cm³/mol. The summed E-state index contributed by atoms with van der Waals surface area (Å²) in [5.41, 5.74) is 2.45. The quantitative estimate of drug-likeness (QED) is 0.451. The van der Waals surface area contributed by atoms with Crippen molar-refractivity contribution in [1.29, 1.82) is 0 Å². The van der Waals surface area contributed by atoms with Gasteiger partial charge < -0.3 is 14.2 Å². The van der Waals surface area contributed by atoms with Crippen molar-refractivity contribution in [3.05, 3.63) is 101 Å². The van der Waals surface area contributed by atoms with Gasteiger partial charge in [-0.3, -0.25) is 4.79 Å². The molecule has 150 valence electrons. The summed E-state index contributed by atoms with van der Waals surface area (Å²) in [4.78, 5) is 24.0. The summed E-state index contributed by atoms with van der Waals surface area (Å²) in [6.07, 6.45) is 1.57. The molecule has 0 amide bonds. The molecule has 1 aliphatic rings. The fraction of sp³-hybridized carbons (Fsp3) is 0.0833. The predicted octanol–water partition coefficient (Wildman–Crippen LogP) is 4.81. The smallest absolute Gasteiger partial charge is 0.337 e. The van der Waals surface area contributed by atoms with Crippen molar-refractivity contribution in [2.24, 2.45) is 0 Å². The van der Waals surface area contributed by atoms with Crippen molar-refractivity contribution >= 4 is 17.8 Å². The van der Waals surface area contributed by atoms with Crippen LogP contribution < -0.4 is 9.47 Å². The number of carbonyl (C=O) groups is 2. The maximum atomic E-state index is 13.0. The number of esters is 1. The first-order valence-electron chi connectivity index (χ1n) is 9.17. The normalized spacial score (nSPS) is 13.7. The van der Waals surface area contributed by atoms with E-state index in [1.165, 1.54) is 19.2 Å². The minimum Gasteiger partial charge on any atom is -0.489 e. The van der Waals surface area contributed by atoms with Crippen LogP contribution in [0.25, 0.3) is 6.08 Å². The summed E-state index contributed by atoms with van der Waals surface area (Å²) < 4.78 is 29.2. The topological polar surface area (TPSA) is 61.8 Å². The summed E-state index contributed by atoms with van der Waals surface area (Å²) in [6, 6.07) is 17.7. The van der Waals surface area contributed by atoms with Crippen LogP contribution in [0.15, 0.2) is 72.5 Å². The number of ketones is 1. The van der Waals surface area contributed by atoms with Gasteiger partial charge in [-0.1, -0.05) is 24.3 Å². The third-order valence-corrected chi connectivity index (χ3v) is 4.59. The van der Waals surface area contributed by atoms with Gasteiger partial charge in [0.25, 0.3) is 0 Å². The van der Waals surface area contributed by atoms with Gasteiger partial charge in [-0.25, -0.2) is 9.18 Å². The fourth-order valence-electron chi connectivity index (χ4n) is 2.99. The van der Waals surface area contributed by atoms with E-state index >= 15 is 0 Å². The van der Waals surface area contributed by atoms with Crippen molar-refractivity contribution < 1.29 is 28.2 Å². The van der Waals surface area contributed by atoms with Crippen molar-refractivity contribution in [3.8, 4) is 11.5 Å². The molecular formula is C24H17FO5. The first kappa shape index (κ1) is 19.4. The molecule has 0 aliphatic carbocycles. The zero-order valence-electron chi connectivity index (χ0n) is 16.1. The van der Waals surface area contributed by atoms with Gasteiger partial charge in [0, 0.05) is 6.07 Å². The highest BCUT2D eigenvalue weighted by Crippen LogP contribution is 2.35. The number of hydrogen-bond donors (Lipinski definition) is 0. The molecule has 0 radical (unpaired) electrons. The molecule has 0 N–H and O–H groups in total. The summed E-state index contributed by atoms with van der Waals surface area (Å²) in [5, 5.41) is 0. The molecule has 0 saturated carbocycles. The van der Waals surface area contributed by atoms with Crippen molar-refractivity contribution in [3.63, 3.8) is 0 Å². The summed E-state index contributed by atoms with van der Waals surface area (Å²) in [7, 11) is 1.33. The van der Waals surface area contributed by atoms with Gasteiger partial charge in [0.1, 0.15) is 23.9 Å². The second-order valence-corrected chi connectivity index (χ2v) is 6.63. The molecule has 0 spiro atoms. The Kier molecular flexibility index (Phi) is 5.30. The minimum absolute atomic E-state index is 0.173. The molecule has 0 unspecified atom stereocenters. The molecule has 0 fully saturated rings. The Morgan fingerprint density at radius 3 is 2.47 bits per heavy atom. The van der Waals surface area contributed by atoms with E-state index in [1.807, 2.05) is 0 Å². The zero-order valence-corrected chi connectivity index (χ0v) is 16.1. The lowest BCUT2D eigenvalue weighted by atomic mass is 10.1. The Hall–Kier alpha value is -3.93. The largest absolute Gasteiger partial charge is 0.489 e. The average molecular weight is 404 g/mol. The van der Waals surface area contributed by atoms with Gasteiger partial charge in [-0.2, -0.15) is 0 Å². The monoisotopic (exact) mass is 404 g/mol. The lowest BCUT2D eigenvalue weighted by Crippen LogP contribution is -2.02. The number of carbonyl (C=O) groups excluding carboxylic acids is 2. The molecule has 30 heavy (non-hydrogen) atoms. The third-order valence-electron chi connectivity index (χ3n) is 4.59. The van der Waals surface area contributed by atoms with Crippen LogP contribution in [0.5, 0.6) is 11.5 Å². The van der Waals surface area contributed by atoms with Gasteiger partial charge in [0.15, 0.2) is 5.76 Å². The van der Waals surface area contributed by atoms with Crippen molar-refractivity contribution in [2.75, 3.05) is 7.11 Å². The Balaban J connectivity index is 1.45. The summed E-state index contributed by atoms with van der Waals surface area (Å²) >= 11 is 0.